The maximum absolute atomic E-state index is 11.5. The number of carbonyl (C=O) groups excluding carboxylic acids is 1. The second-order valence-electron chi connectivity index (χ2n) is 3.41. The summed E-state index contributed by atoms with van der Waals surface area (Å²) in [5.74, 6) is 0.0195. The Labute approximate surface area is 90.9 Å². The van der Waals surface area contributed by atoms with Crippen molar-refractivity contribution in [2.75, 3.05) is 0 Å². The minimum atomic E-state index is -0.165. The van der Waals surface area contributed by atoms with E-state index in [1.165, 1.54) is 4.57 Å². The molecular weight excluding hydrogens is 246 g/mol. The molecule has 0 atom stereocenters. The molecule has 1 aromatic heterocycles. The first-order valence-electron chi connectivity index (χ1n) is 4.40. The first-order chi connectivity index (χ1) is 6.52. The number of halogens is 1. The van der Waals surface area contributed by atoms with Crippen molar-refractivity contribution in [2.24, 2.45) is 5.92 Å². The molecule has 1 heterocycles. The largest absolute Gasteiger partial charge is 0.307 e. The van der Waals surface area contributed by atoms with Crippen LogP contribution in [0.3, 0.4) is 0 Å². The van der Waals surface area contributed by atoms with Gasteiger partial charge in [-0.1, -0.05) is 13.8 Å². The van der Waals surface area contributed by atoms with Crippen LogP contribution < -0.4 is 5.56 Å². The van der Waals surface area contributed by atoms with E-state index in [1.54, 1.807) is 18.3 Å². The number of hydrogen-bond acceptors (Lipinski definition) is 2. The Bertz CT molecular complexity index is 395. The van der Waals surface area contributed by atoms with Crippen molar-refractivity contribution >= 4 is 21.7 Å². The summed E-state index contributed by atoms with van der Waals surface area (Å²) in [6.45, 7) is 3.80. The lowest BCUT2D eigenvalue weighted by Crippen LogP contribution is -2.25. The molecule has 0 aromatic carbocycles. The van der Waals surface area contributed by atoms with Gasteiger partial charge in [0.1, 0.15) is 0 Å². The Morgan fingerprint density at radius 2 is 2.21 bits per heavy atom. The van der Waals surface area contributed by atoms with E-state index in [4.69, 9.17) is 0 Å². The molecule has 0 aliphatic rings. The van der Waals surface area contributed by atoms with Gasteiger partial charge in [-0.15, -0.1) is 0 Å². The number of aromatic nitrogens is 1. The number of carbonyl (C=O) groups is 1. The van der Waals surface area contributed by atoms with Crippen molar-refractivity contribution in [3.05, 3.63) is 33.2 Å². The molecule has 0 unspecified atom stereocenters. The SMILES string of the molecule is CC(C)C(=O)Cn1cccc(Br)c1=O. The molecule has 14 heavy (non-hydrogen) atoms. The lowest BCUT2D eigenvalue weighted by atomic mass is 10.1. The Morgan fingerprint density at radius 1 is 1.57 bits per heavy atom. The third-order valence-corrected chi connectivity index (χ3v) is 2.55. The highest BCUT2D eigenvalue weighted by molar-refractivity contribution is 9.10. The Morgan fingerprint density at radius 3 is 2.79 bits per heavy atom. The number of rotatable bonds is 3. The molecule has 1 aromatic rings. The molecule has 3 nitrogen and oxygen atoms in total. The third kappa shape index (κ3) is 2.54. The van der Waals surface area contributed by atoms with Crippen LogP contribution in [0.5, 0.6) is 0 Å². The monoisotopic (exact) mass is 257 g/mol. The van der Waals surface area contributed by atoms with E-state index >= 15 is 0 Å². The third-order valence-electron chi connectivity index (χ3n) is 1.94. The Balaban J connectivity index is 2.93. The van der Waals surface area contributed by atoms with Gasteiger partial charge in [-0.05, 0) is 28.1 Å². The van der Waals surface area contributed by atoms with Crippen molar-refractivity contribution in [2.45, 2.75) is 20.4 Å². The lowest BCUT2D eigenvalue weighted by Gasteiger charge is -2.06. The van der Waals surface area contributed by atoms with E-state index < -0.39 is 0 Å². The second kappa shape index (κ2) is 4.55. The molecule has 0 N–H and O–H groups in total. The molecule has 0 radical (unpaired) electrons. The van der Waals surface area contributed by atoms with Crippen molar-refractivity contribution in [1.29, 1.82) is 0 Å². The Kier molecular flexibility index (Phi) is 3.63. The van der Waals surface area contributed by atoms with Crippen LogP contribution in [0, 0.1) is 5.92 Å². The van der Waals surface area contributed by atoms with Gasteiger partial charge in [-0.25, -0.2) is 0 Å². The highest BCUT2D eigenvalue weighted by Gasteiger charge is 2.09. The zero-order valence-electron chi connectivity index (χ0n) is 8.16. The predicted molar refractivity (Wildman–Crippen MR) is 58.2 cm³/mol. The van der Waals surface area contributed by atoms with Crippen molar-refractivity contribution in [1.82, 2.24) is 4.57 Å². The summed E-state index contributed by atoms with van der Waals surface area (Å²) >= 11 is 3.13. The second-order valence-corrected chi connectivity index (χ2v) is 4.26. The van der Waals surface area contributed by atoms with Gasteiger partial charge in [0.05, 0.1) is 11.0 Å². The lowest BCUT2D eigenvalue weighted by molar-refractivity contribution is -0.122. The molecule has 76 valence electrons. The van der Waals surface area contributed by atoms with Crippen LogP contribution in [0.4, 0.5) is 0 Å². The fraction of sp³-hybridized carbons (Fsp3) is 0.400. The minimum Gasteiger partial charge on any atom is -0.307 e. The van der Waals surface area contributed by atoms with Crippen molar-refractivity contribution < 1.29 is 4.79 Å². The maximum atomic E-state index is 11.5. The number of nitrogens with zero attached hydrogens (tertiary/aromatic N) is 1. The van der Waals surface area contributed by atoms with Crippen LogP contribution in [0.25, 0.3) is 0 Å². The van der Waals surface area contributed by atoms with Crippen LogP contribution >= 0.6 is 15.9 Å². The summed E-state index contributed by atoms with van der Waals surface area (Å²) in [5, 5.41) is 0. The van der Waals surface area contributed by atoms with Gasteiger partial charge in [0.15, 0.2) is 5.78 Å². The van der Waals surface area contributed by atoms with Crippen LogP contribution in [-0.2, 0) is 11.3 Å². The fourth-order valence-electron chi connectivity index (χ4n) is 0.983. The van der Waals surface area contributed by atoms with E-state index in [2.05, 4.69) is 15.9 Å². The van der Waals surface area contributed by atoms with Gasteiger partial charge in [-0.2, -0.15) is 0 Å². The molecule has 0 aliphatic heterocycles. The highest BCUT2D eigenvalue weighted by atomic mass is 79.9. The number of ketones is 1. The minimum absolute atomic E-state index is 0.0409. The summed E-state index contributed by atoms with van der Waals surface area (Å²) in [7, 11) is 0. The molecule has 0 fully saturated rings. The van der Waals surface area contributed by atoms with Crippen LogP contribution in [0.15, 0.2) is 27.6 Å². The molecule has 4 heteroatoms. The molecule has 0 bridgehead atoms. The van der Waals surface area contributed by atoms with E-state index in [1.807, 2.05) is 13.8 Å². The zero-order chi connectivity index (χ0) is 10.7. The van der Waals surface area contributed by atoms with Crippen LogP contribution in [0.1, 0.15) is 13.8 Å². The smallest absolute Gasteiger partial charge is 0.265 e. The molecule has 0 aliphatic carbocycles. The quantitative estimate of drug-likeness (QED) is 0.829. The van der Waals surface area contributed by atoms with Gasteiger partial charge < -0.3 is 4.57 Å². The Hall–Kier alpha value is -0.900. The normalized spacial score (nSPS) is 10.6. The number of hydrogen-bond donors (Lipinski definition) is 0. The molecular formula is C10H12BrNO2. The number of pyridine rings is 1. The standard InChI is InChI=1S/C10H12BrNO2/c1-7(2)9(13)6-12-5-3-4-8(11)10(12)14/h3-5,7H,6H2,1-2H3. The molecule has 0 spiro atoms. The first kappa shape index (κ1) is 11.2. The molecule has 1 rings (SSSR count). The molecule has 0 saturated carbocycles. The number of Topliss-reactive ketones (excluding diaryl/α,β-unsaturated/α-hetero) is 1. The topological polar surface area (TPSA) is 39.1 Å². The zero-order valence-corrected chi connectivity index (χ0v) is 9.74. The maximum Gasteiger partial charge on any atom is 0.265 e. The first-order valence-corrected chi connectivity index (χ1v) is 5.19. The molecule has 0 amide bonds. The highest BCUT2D eigenvalue weighted by Crippen LogP contribution is 2.02. The van der Waals surface area contributed by atoms with Crippen molar-refractivity contribution in [3.63, 3.8) is 0 Å². The van der Waals surface area contributed by atoms with Gasteiger partial charge in [0.2, 0.25) is 0 Å². The summed E-state index contributed by atoms with van der Waals surface area (Å²) in [6, 6.07) is 3.40. The van der Waals surface area contributed by atoms with Gasteiger partial charge >= 0.3 is 0 Å². The van der Waals surface area contributed by atoms with Gasteiger partial charge in [0.25, 0.3) is 5.56 Å². The van der Waals surface area contributed by atoms with E-state index in [0.29, 0.717) is 4.47 Å². The average molecular weight is 258 g/mol. The average Bonchev–Trinajstić information content (AvgIpc) is 2.12. The van der Waals surface area contributed by atoms with Crippen LogP contribution in [0.2, 0.25) is 0 Å². The summed E-state index contributed by atoms with van der Waals surface area (Å²) in [5.41, 5.74) is -0.165. The van der Waals surface area contributed by atoms with Crippen LogP contribution in [-0.4, -0.2) is 10.4 Å². The fourth-order valence-corrected chi connectivity index (χ4v) is 1.36. The predicted octanol–water partition coefficient (Wildman–Crippen LogP) is 1.84. The van der Waals surface area contributed by atoms with Crippen molar-refractivity contribution in [3.8, 4) is 0 Å². The van der Waals surface area contributed by atoms with E-state index in [0.717, 1.165) is 0 Å². The van der Waals surface area contributed by atoms with Gasteiger partial charge in [0, 0.05) is 12.1 Å². The molecule has 0 saturated heterocycles. The summed E-state index contributed by atoms with van der Waals surface area (Å²) in [6.07, 6.45) is 1.62. The summed E-state index contributed by atoms with van der Waals surface area (Å²) < 4.78 is 1.89. The van der Waals surface area contributed by atoms with E-state index in [9.17, 15) is 9.59 Å². The summed E-state index contributed by atoms with van der Waals surface area (Å²) in [4.78, 5) is 22.9. The van der Waals surface area contributed by atoms with E-state index in [-0.39, 0.29) is 23.8 Å². The van der Waals surface area contributed by atoms with Gasteiger partial charge in [-0.3, -0.25) is 9.59 Å².